The number of benzene rings is 3. The zero-order valence-electron chi connectivity index (χ0n) is 26.5. The Kier molecular flexibility index (Phi) is 10.4. The van der Waals surface area contributed by atoms with E-state index in [9.17, 15) is 33.2 Å². The number of aldehydes is 1. The minimum absolute atomic E-state index is 0.00153. The monoisotopic (exact) mass is 655 g/mol. The van der Waals surface area contributed by atoms with Crippen molar-refractivity contribution in [3.05, 3.63) is 110 Å². The number of hydroxylamine groups is 2. The van der Waals surface area contributed by atoms with Crippen molar-refractivity contribution in [2.45, 2.75) is 32.6 Å². The Bertz CT molecular complexity index is 1950. The molecule has 12 nitrogen and oxygen atoms in total. The van der Waals surface area contributed by atoms with E-state index in [1.54, 1.807) is 47.4 Å². The molecule has 5 rings (SSSR count). The summed E-state index contributed by atoms with van der Waals surface area (Å²) in [6, 6.07) is 16.0. The molecule has 248 valence electrons. The lowest BCUT2D eigenvalue weighted by atomic mass is 10.0. The van der Waals surface area contributed by atoms with Crippen LogP contribution in [0.1, 0.15) is 67.7 Å². The van der Waals surface area contributed by atoms with Crippen molar-refractivity contribution in [3.8, 4) is 0 Å². The number of nitrogens with zero attached hydrogens (tertiary/aromatic N) is 4. The average molecular weight is 656 g/mol. The van der Waals surface area contributed by atoms with Crippen LogP contribution < -0.4 is 5.56 Å². The van der Waals surface area contributed by atoms with E-state index in [1.165, 1.54) is 30.1 Å². The van der Waals surface area contributed by atoms with E-state index < -0.39 is 23.6 Å². The fourth-order valence-electron chi connectivity index (χ4n) is 5.52. The van der Waals surface area contributed by atoms with Crippen LogP contribution in [0.3, 0.4) is 0 Å². The van der Waals surface area contributed by atoms with Crippen molar-refractivity contribution in [1.82, 2.24) is 25.1 Å². The summed E-state index contributed by atoms with van der Waals surface area (Å²) in [6.45, 7) is 2.56. The summed E-state index contributed by atoms with van der Waals surface area (Å²) in [7, 11) is 1.27. The molecule has 48 heavy (non-hydrogen) atoms. The van der Waals surface area contributed by atoms with Gasteiger partial charge in [0.25, 0.3) is 23.3 Å². The van der Waals surface area contributed by atoms with Gasteiger partial charge in [-0.3, -0.25) is 19.2 Å². The number of aromatic nitrogens is 2. The number of fused-ring (bicyclic) bond motifs is 1. The van der Waals surface area contributed by atoms with Crippen LogP contribution in [0.5, 0.6) is 0 Å². The SMILES string of the molecule is CCc1cc(C(=O)ON(C)C(=O)CCC=O)cc(C(=O)N2CCN(C(=O)c3cc(Cc4n[nH]c(=O)c5ccccc45)ccc3F)CC2)c1. The standard InChI is InChI=1S/C35H34FN5O7/c1-3-22-17-24(21-25(18-22)35(47)48-39(2)31(43)9-6-16-42)33(45)40-12-14-41(15-13-40)34(46)28-19-23(10-11-29(28)36)20-30-26-7-4-5-8-27(26)32(44)38-37-30/h4-5,7-8,10-11,16-19,21H,3,6,9,12-15,20H2,1-2H3,(H,38,44). The lowest BCUT2D eigenvalue weighted by Crippen LogP contribution is -2.50. The zero-order valence-corrected chi connectivity index (χ0v) is 26.5. The summed E-state index contributed by atoms with van der Waals surface area (Å²) in [5, 5.41) is 8.58. The molecule has 1 saturated heterocycles. The largest absolute Gasteiger partial charge is 0.363 e. The summed E-state index contributed by atoms with van der Waals surface area (Å²) in [5.41, 5.74) is 1.85. The predicted molar refractivity (Wildman–Crippen MR) is 173 cm³/mol. The number of halogens is 1. The van der Waals surface area contributed by atoms with E-state index >= 15 is 0 Å². The molecule has 3 amide bonds. The highest BCUT2D eigenvalue weighted by atomic mass is 19.1. The second-order valence-electron chi connectivity index (χ2n) is 11.4. The van der Waals surface area contributed by atoms with Gasteiger partial charge in [0.05, 0.1) is 22.2 Å². The molecule has 0 saturated carbocycles. The fourth-order valence-corrected chi connectivity index (χ4v) is 5.52. The Hall–Kier alpha value is -5.72. The van der Waals surface area contributed by atoms with Crippen molar-refractivity contribution >= 4 is 40.7 Å². The lowest BCUT2D eigenvalue weighted by Gasteiger charge is -2.35. The molecule has 13 heteroatoms. The Morgan fingerprint density at radius 3 is 2.27 bits per heavy atom. The van der Waals surface area contributed by atoms with Gasteiger partial charge in [0, 0.05) is 63.4 Å². The molecule has 1 aromatic heterocycles. The third-order valence-electron chi connectivity index (χ3n) is 8.19. The molecule has 0 unspecified atom stereocenters. The quantitative estimate of drug-likeness (QED) is 0.213. The maximum Gasteiger partial charge on any atom is 0.363 e. The van der Waals surface area contributed by atoms with Crippen molar-refractivity contribution in [2.24, 2.45) is 0 Å². The van der Waals surface area contributed by atoms with Crippen LogP contribution >= 0.6 is 0 Å². The van der Waals surface area contributed by atoms with E-state index in [1.807, 2.05) is 6.92 Å². The number of hydrogen-bond donors (Lipinski definition) is 1. The molecule has 0 radical (unpaired) electrons. The Balaban J connectivity index is 1.25. The molecule has 0 atom stereocenters. The van der Waals surface area contributed by atoms with E-state index in [0.29, 0.717) is 40.3 Å². The number of amides is 3. The van der Waals surface area contributed by atoms with Crippen molar-refractivity contribution in [1.29, 1.82) is 0 Å². The van der Waals surface area contributed by atoms with Gasteiger partial charge in [0.2, 0.25) is 0 Å². The van der Waals surface area contributed by atoms with E-state index in [0.717, 1.165) is 5.06 Å². The molecule has 1 fully saturated rings. The Morgan fingerprint density at radius 2 is 1.58 bits per heavy atom. The Labute approximate surface area is 275 Å². The molecule has 2 heterocycles. The number of aromatic amines is 1. The number of carbonyl (C=O) groups is 5. The summed E-state index contributed by atoms with van der Waals surface area (Å²) >= 11 is 0. The van der Waals surface area contributed by atoms with Gasteiger partial charge in [-0.1, -0.05) is 31.2 Å². The number of aryl methyl sites for hydroxylation is 1. The first-order valence-corrected chi connectivity index (χ1v) is 15.5. The van der Waals surface area contributed by atoms with Gasteiger partial charge in [0.15, 0.2) is 0 Å². The molecule has 0 spiro atoms. The smallest absolute Gasteiger partial charge is 0.335 e. The minimum atomic E-state index is -0.828. The second-order valence-corrected chi connectivity index (χ2v) is 11.4. The van der Waals surface area contributed by atoms with Gasteiger partial charge < -0.3 is 19.4 Å². The third kappa shape index (κ3) is 7.46. The van der Waals surface area contributed by atoms with Gasteiger partial charge in [-0.05, 0) is 53.9 Å². The normalized spacial score (nSPS) is 12.9. The number of nitrogens with one attached hydrogen (secondary N) is 1. The van der Waals surface area contributed by atoms with Crippen LogP contribution in [0.15, 0.2) is 65.5 Å². The molecular weight excluding hydrogens is 621 g/mol. The highest BCUT2D eigenvalue weighted by Gasteiger charge is 2.28. The molecular formula is C35H34FN5O7. The Morgan fingerprint density at radius 1 is 0.917 bits per heavy atom. The number of piperazine rings is 1. The number of rotatable bonds is 9. The second kappa shape index (κ2) is 14.8. The first-order chi connectivity index (χ1) is 23.1. The van der Waals surface area contributed by atoms with Gasteiger partial charge in [-0.15, -0.1) is 0 Å². The highest BCUT2D eigenvalue weighted by Crippen LogP contribution is 2.21. The summed E-state index contributed by atoms with van der Waals surface area (Å²) < 4.78 is 15.0. The van der Waals surface area contributed by atoms with Crippen LogP contribution in [0.25, 0.3) is 10.8 Å². The first kappa shape index (κ1) is 33.6. The summed E-state index contributed by atoms with van der Waals surface area (Å²) in [5.74, 6) is -2.91. The van der Waals surface area contributed by atoms with Crippen LogP contribution in [0.2, 0.25) is 0 Å². The summed E-state index contributed by atoms with van der Waals surface area (Å²) in [6.07, 6.45) is 1.28. The molecule has 0 aliphatic carbocycles. The van der Waals surface area contributed by atoms with Gasteiger partial charge in [-0.25, -0.2) is 14.3 Å². The van der Waals surface area contributed by atoms with Crippen LogP contribution in [-0.4, -0.2) is 88.3 Å². The third-order valence-corrected chi connectivity index (χ3v) is 8.19. The molecule has 3 aromatic carbocycles. The van der Waals surface area contributed by atoms with Crippen molar-refractivity contribution in [2.75, 3.05) is 33.2 Å². The van der Waals surface area contributed by atoms with Crippen LogP contribution in [0, 0.1) is 5.82 Å². The van der Waals surface area contributed by atoms with Gasteiger partial charge in [-0.2, -0.15) is 10.2 Å². The van der Waals surface area contributed by atoms with Crippen LogP contribution in [0.4, 0.5) is 4.39 Å². The predicted octanol–water partition coefficient (Wildman–Crippen LogP) is 3.32. The highest BCUT2D eigenvalue weighted by molar-refractivity contribution is 5.99. The van der Waals surface area contributed by atoms with E-state index in [4.69, 9.17) is 4.84 Å². The van der Waals surface area contributed by atoms with Crippen LogP contribution in [-0.2, 0) is 27.3 Å². The van der Waals surface area contributed by atoms with Gasteiger partial charge >= 0.3 is 5.97 Å². The number of H-pyrrole nitrogens is 1. The maximum absolute atomic E-state index is 15.0. The maximum atomic E-state index is 15.0. The van der Waals surface area contributed by atoms with E-state index in [-0.39, 0.29) is 73.6 Å². The zero-order chi connectivity index (χ0) is 34.4. The lowest BCUT2D eigenvalue weighted by molar-refractivity contribution is -0.161. The van der Waals surface area contributed by atoms with Crippen molar-refractivity contribution < 1.29 is 33.2 Å². The van der Waals surface area contributed by atoms with Crippen molar-refractivity contribution in [3.63, 3.8) is 0 Å². The molecule has 1 N–H and O–H groups in total. The number of hydrogen-bond acceptors (Lipinski definition) is 8. The van der Waals surface area contributed by atoms with Gasteiger partial charge in [0.1, 0.15) is 12.1 Å². The topological polar surface area (TPSA) is 150 Å². The molecule has 1 aliphatic rings. The van der Waals surface area contributed by atoms with E-state index in [2.05, 4.69) is 10.2 Å². The minimum Gasteiger partial charge on any atom is -0.335 e. The average Bonchev–Trinajstić information content (AvgIpc) is 3.11. The fraction of sp³-hybridized carbons (Fsp3) is 0.286. The number of carbonyl (C=O) groups excluding carboxylic acids is 5. The first-order valence-electron chi connectivity index (χ1n) is 15.5. The molecule has 4 aromatic rings. The molecule has 0 bridgehead atoms. The molecule has 1 aliphatic heterocycles. The summed E-state index contributed by atoms with van der Waals surface area (Å²) in [4.78, 5) is 82.8.